The molecular weight excluding hydrogens is 390 g/mol. The summed E-state index contributed by atoms with van der Waals surface area (Å²) in [4.78, 5) is 35.3. The van der Waals surface area contributed by atoms with Gasteiger partial charge in [0.25, 0.3) is 5.56 Å². The van der Waals surface area contributed by atoms with Gasteiger partial charge < -0.3 is 9.88 Å². The number of aromatic amines is 1. The normalized spacial score (nSPS) is 17.2. The van der Waals surface area contributed by atoms with Crippen LogP contribution in [0.5, 0.6) is 0 Å². The number of nitrogens with one attached hydrogen (secondary N) is 1. The molecule has 3 heterocycles. The summed E-state index contributed by atoms with van der Waals surface area (Å²) in [5.41, 5.74) is 1.82. The number of likely N-dealkylation sites (tertiary alicyclic amines) is 1. The van der Waals surface area contributed by atoms with E-state index in [1.54, 1.807) is 0 Å². The van der Waals surface area contributed by atoms with Crippen molar-refractivity contribution < 1.29 is 4.79 Å². The van der Waals surface area contributed by atoms with Crippen LogP contribution >= 0.6 is 23.1 Å². The minimum Gasteiger partial charge on any atom is -0.342 e. The van der Waals surface area contributed by atoms with Crippen molar-refractivity contribution in [3.05, 3.63) is 51.9 Å². The molecule has 1 amide bonds. The average Bonchev–Trinajstić information content (AvgIpc) is 3.13. The maximum atomic E-state index is 12.7. The smallest absolute Gasteiger partial charge is 0.260 e. The number of thiophene rings is 1. The van der Waals surface area contributed by atoms with E-state index < -0.39 is 0 Å². The Hall–Kier alpha value is -2.12. The van der Waals surface area contributed by atoms with Crippen LogP contribution in [0.3, 0.4) is 0 Å². The molecular formula is C21H23N3O2S2. The first-order valence-electron chi connectivity index (χ1n) is 9.53. The van der Waals surface area contributed by atoms with Crippen LogP contribution in [-0.4, -0.2) is 39.6 Å². The van der Waals surface area contributed by atoms with E-state index in [1.165, 1.54) is 29.5 Å². The lowest BCUT2D eigenvalue weighted by Gasteiger charge is -2.30. The van der Waals surface area contributed by atoms with Gasteiger partial charge in [0.1, 0.15) is 10.7 Å². The molecule has 0 spiro atoms. The van der Waals surface area contributed by atoms with Crippen LogP contribution in [0.1, 0.15) is 25.6 Å². The minimum absolute atomic E-state index is 0.114. The van der Waals surface area contributed by atoms with Crippen LogP contribution in [0, 0.1) is 5.92 Å². The van der Waals surface area contributed by atoms with Crippen LogP contribution in [0.4, 0.5) is 0 Å². The number of carbonyl (C=O) groups excluding carboxylic acids is 1. The number of nitrogens with zero attached hydrogens (tertiary/aromatic N) is 2. The Bertz CT molecular complexity index is 1030. The fourth-order valence-corrected chi connectivity index (χ4v) is 5.39. The first kappa shape index (κ1) is 19.2. The van der Waals surface area contributed by atoms with Crippen LogP contribution in [0.2, 0.25) is 0 Å². The van der Waals surface area contributed by atoms with Crippen molar-refractivity contribution in [1.29, 1.82) is 0 Å². The maximum absolute atomic E-state index is 12.7. The largest absolute Gasteiger partial charge is 0.342 e. The van der Waals surface area contributed by atoms with E-state index in [1.807, 2.05) is 40.6 Å². The van der Waals surface area contributed by atoms with Gasteiger partial charge in [-0.05, 0) is 24.3 Å². The molecule has 146 valence electrons. The van der Waals surface area contributed by atoms with E-state index in [9.17, 15) is 9.59 Å². The molecule has 1 aromatic carbocycles. The highest BCUT2D eigenvalue weighted by Gasteiger charge is 2.20. The van der Waals surface area contributed by atoms with Crippen LogP contribution in [0.15, 0.2) is 40.5 Å². The van der Waals surface area contributed by atoms with E-state index in [-0.39, 0.29) is 11.5 Å². The summed E-state index contributed by atoms with van der Waals surface area (Å²) in [6.07, 6.45) is 2.29. The monoisotopic (exact) mass is 413 g/mol. The summed E-state index contributed by atoms with van der Waals surface area (Å²) >= 11 is 2.99. The van der Waals surface area contributed by atoms with Gasteiger partial charge in [0, 0.05) is 24.0 Å². The fourth-order valence-electron chi connectivity index (χ4n) is 3.63. The molecule has 1 fully saturated rings. The number of H-pyrrole nitrogens is 1. The molecule has 1 saturated heterocycles. The molecule has 0 aliphatic carbocycles. The maximum Gasteiger partial charge on any atom is 0.260 e. The van der Waals surface area contributed by atoms with Gasteiger partial charge in [0.05, 0.1) is 16.9 Å². The van der Waals surface area contributed by atoms with Crippen molar-refractivity contribution in [2.75, 3.05) is 18.8 Å². The molecule has 0 saturated carbocycles. The van der Waals surface area contributed by atoms with Crippen molar-refractivity contribution in [3.8, 4) is 11.1 Å². The summed E-state index contributed by atoms with van der Waals surface area (Å²) < 4.78 is 0. The summed E-state index contributed by atoms with van der Waals surface area (Å²) in [6, 6.07) is 9.88. The summed E-state index contributed by atoms with van der Waals surface area (Å²) in [7, 11) is 0. The van der Waals surface area contributed by atoms with Crippen molar-refractivity contribution in [3.63, 3.8) is 0 Å². The molecule has 28 heavy (non-hydrogen) atoms. The van der Waals surface area contributed by atoms with Gasteiger partial charge in [-0.25, -0.2) is 4.98 Å². The lowest BCUT2D eigenvalue weighted by atomic mass is 10.0. The standard InChI is InChI=1S/C21H23N3O2S2/c1-14-6-5-9-24(10-14)18(25)13-27-12-17-22-20(26)19-16(11-28-21(19)23-17)15-7-3-2-4-8-15/h2-4,7-8,11,14H,5-6,9-10,12-13H2,1H3,(H,22,23,26)/t14-/m1/s1. The van der Waals surface area contributed by atoms with E-state index in [2.05, 4.69) is 16.9 Å². The van der Waals surface area contributed by atoms with Crippen molar-refractivity contribution in [2.24, 2.45) is 5.92 Å². The lowest BCUT2D eigenvalue weighted by molar-refractivity contribution is -0.130. The molecule has 4 rings (SSSR count). The third-order valence-electron chi connectivity index (χ3n) is 5.05. The number of hydrogen-bond acceptors (Lipinski definition) is 5. The number of thioether (sulfide) groups is 1. The van der Waals surface area contributed by atoms with E-state index >= 15 is 0 Å². The van der Waals surface area contributed by atoms with Gasteiger partial charge in [0.15, 0.2) is 0 Å². The zero-order chi connectivity index (χ0) is 19.5. The molecule has 1 aliphatic heterocycles. The Balaban J connectivity index is 1.44. The predicted octanol–water partition coefficient (Wildman–Crippen LogP) is 4.14. The van der Waals surface area contributed by atoms with E-state index in [0.29, 0.717) is 28.6 Å². The molecule has 1 N–H and O–H groups in total. The zero-order valence-electron chi connectivity index (χ0n) is 15.8. The number of piperidine rings is 1. The predicted molar refractivity (Wildman–Crippen MR) is 117 cm³/mol. The Kier molecular flexibility index (Phi) is 5.82. The third-order valence-corrected chi connectivity index (χ3v) is 6.85. The number of amides is 1. The fraction of sp³-hybridized carbons (Fsp3) is 0.381. The van der Waals surface area contributed by atoms with Crippen LogP contribution < -0.4 is 5.56 Å². The first-order chi connectivity index (χ1) is 13.6. The Morgan fingerprint density at radius 2 is 2.18 bits per heavy atom. The molecule has 1 aliphatic rings. The van der Waals surface area contributed by atoms with Gasteiger partial charge in [-0.3, -0.25) is 9.59 Å². The highest BCUT2D eigenvalue weighted by molar-refractivity contribution is 7.99. The molecule has 5 nitrogen and oxygen atoms in total. The number of hydrogen-bond donors (Lipinski definition) is 1. The van der Waals surface area contributed by atoms with Gasteiger partial charge in [0.2, 0.25) is 5.91 Å². The number of benzene rings is 1. The van der Waals surface area contributed by atoms with Crippen molar-refractivity contribution in [1.82, 2.24) is 14.9 Å². The average molecular weight is 414 g/mol. The zero-order valence-corrected chi connectivity index (χ0v) is 17.4. The van der Waals surface area contributed by atoms with Gasteiger partial charge in [-0.1, -0.05) is 37.3 Å². The third kappa shape index (κ3) is 4.15. The molecule has 3 aromatic rings. The Morgan fingerprint density at radius 3 is 2.96 bits per heavy atom. The van der Waals surface area contributed by atoms with Gasteiger partial charge in [-0.15, -0.1) is 23.1 Å². The quantitative estimate of drug-likeness (QED) is 0.683. The van der Waals surface area contributed by atoms with E-state index in [0.717, 1.165) is 35.5 Å². The second-order valence-electron chi connectivity index (χ2n) is 7.29. The van der Waals surface area contributed by atoms with Crippen molar-refractivity contribution in [2.45, 2.75) is 25.5 Å². The first-order valence-corrected chi connectivity index (χ1v) is 11.6. The van der Waals surface area contributed by atoms with Gasteiger partial charge >= 0.3 is 0 Å². The Labute approximate surface area is 172 Å². The summed E-state index contributed by atoms with van der Waals surface area (Å²) in [6.45, 7) is 3.92. The van der Waals surface area contributed by atoms with Crippen molar-refractivity contribution >= 4 is 39.2 Å². The van der Waals surface area contributed by atoms with Crippen LogP contribution in [-0.2, 0) is 10.5 Å². The highest BCUT2D eigenvalue weighted by atomic mass is 32.2. The van der Waals surface area contributed by atoms with E-state index in [4.69, 9.17) is 0 Å². The molecule has 2 aromatic heterocycles. The SMILES string of the molecule is C[C@@H]1CCCN(C(=O)CSCc2nc3scc(-c4ccccc4)c3c(=O)[nH]2)C1. The molecule has 0 bridgehead atoms. The number of aromatic nitrogens is 2. The molecule has 1 atom stereocenters. The second kappa shape index (κ2) is 8.49. The summed E-state index contributed by atoms with van der Waals surface area (Å²) in [5, 5.41) is 2.63. The highest BCUT2D eigenvalue weighted by Crippen LogP contribution is 2.30. The van der Waals surface area contributed by atoms with Crippen LogP contribution in [0.25, 0.3) is 21.3 Å². The number of rotatable bonds is 5. The molecule has 0 radical (unpaired) electrons. The molecule has 0 unspecified atom stereocenters. The second-order valence-corrected chi connectivity index (χ2v) is 9.13. The van der Waals surface area contributed by atoms with Gasteiger partial charge in [-0.2, -0.15) is 0 Å². The minimum atomic E-state index is -0.114. The topological polar surface area (TPSA) is 66.1 Å². The molecule has 7 heteroatoms. The number of carbonyl (C=O) groups is 1. The Morgan fingerprint density at radius 1 is 1.36 bits per heavy atom. The summed E-state index contributed by atoms with van der Waals surface area (Å²) in [5.74, 6) is 2.35. The lowest BCUT2D eigenvalue weighted by Crippen LogP contribution is -2.40. The number of fused-ring (bicyclic) bond motifs is 1.